The van der Waals surface area contributed by atoms with Gasteiger partial charge in [-0.2, -0.15) is 5.10 Å². The molecule has 0 aliphatic rings. The van der Waals surface area contributed by atoms with E-state index in [1.165, 1.54) is 13.3 Å². The number of ether oxygens (including phenoxy) is 2. The minimum absolute atomic E-state index is 0.00748. The first-order valence-electron chi connectivity index (χ1n) is 7.18. The monoisotopic (exact) mass is 392 g/mol. The molecule has 24 heavy (non-hydrogen) atoms. The number of phenolic OH excluding ortho intramolecular Hbond substituents is 1. The minimum atomic E-state index is -0.334. The van der Waals surface area contributed by atoms with E-state index in [4.69, 9.17) is 9.47 Å². The summed E-state index contributed by atoms with van der Waals surface area (Å²) in [7, 11) is 1.45. The van der Waals surface area contributed by atoms with Crippen LogP contribution in [0.25, 0.3) is 0 Å². The Labute approximate surface area is 148 Å². The normalized spacial score (nSPS) is 10.6. The maximum atomic E-state index is 12.0. The van der Waals surface area contributed by atoms with Gasteiger partial charge in [0, 0.05) is 5.56 Å². The molecular weight excluding hydrogens is 376 g/mol. The van der Waals surface area contributed by atoms with Crippen molar-refractivity contribution in [2.24, 2.45) is 5.10 Å². The molecule has 0 heterocycles. The fourth-order valence-electron chi connectivity index (χ4n) is 1.92. The third-order valence-corrected chi connectivity index (χ3v) is 3.68. The highest BCUT2D eigenvalue weighted by Gasteiger charge is 2.08. The second-order valence-electron chi connectivity index (χ2n) is 4.71. The molecule has 0 unspecified atom stereocenters. The van der Waals surface area contributed by atoms with Crippen molar-refractivity contribution in [3.8, 4) is 17.2 Å². The van der Waals surface area contributed by atoms with E-state index in [1.807, 2.05) is 6.92 Å². The first kappa shape index (κ1) is 17.8. The van der Waals surface area contributed by atoms with Crippen LogP contribution in [0.4, 0.5) is 0 Å². The lowest BCUT2D eigenvalue weighted by atomic mass is 10.2. The van der Waals surface area contributed by atoms with Gasteiger partial charge in [-0.05, 0) is 64.8 Å². The van der Waals surface area contributed by atoms with Gasteiger partial charge in [0.1, 0.15) is 5.75 Å². The number of nitrogens with zero attached hydrogens (tertiary/aromatic N) is 1. The van der Waals surface area contributed by atoms with Crippen molar-refractivity contribution < 1.29 is 19.4 Å². The number of hydrogen-bond donors (Lipinski definition) is 2. The van der Waals surface area contributed by atoms with Crippen LogP contribution in [-0.4, -0.2) is 30.9 Å². The van der Waals surface area contributed by atoms with E-state index >= 15 is 0 Å². The molecule has 0 saturated carbocycles. The second-order valence-corrected chi connectivity index (χ2v) is 5.56. The minimum Gasteiger partial charge on any atom is -0.503 e. The third-order valence-electron chi connectivity index (χ3n) is 3.08. The molecule has 0 bridgehead atoms. The number of halogens is 1. The zero-order valence-corrected chi connectivity index (χ0v) is 14.8. The number of phenols is 1. The lowest BCUT2D eigenvalue weighted by Gasteiger charge is -2.06. The maximum absolute atomic E-state index is 12.0. The van der Waals surface area contributed by atoms with Crippen LogP contribution in [0, 0.1) is 0 Å². The quantitative estimate of drug-likeness (QED) is 0.583. The summed E-state index contributed by atoms with van der Waals surface area (Å²) in [5.74, 6) is 0.689. The fraction of sp³-hybridized carbons (Fsp3) is 0.176. The lowest BCUT2D eigenvalue weighted by molar-refractivity contribution is 0.0955. The van der Waals surface area contributed by atoms with Crippen molar-refractivity contribution in [1.29, 1.82) is 0 Å². The standard InChI is InChI=1S/C17H17BrN2O4/c1-3-24-13-6-4-12(5-7-13)17(22)20-19-10-11-8-14(18)16(21)15(9-11)23-2/h4-10,21H,3H2,1-2H3,(H,20,22). The summed E-state index contributed by atoms with van der Waals surface area (Å²) in [4.78, 5) is 12.0. The van der Waals surface area contributed by atoms with E-state index in [0.717, 1.165) is 0 Å². The topological polar surface area (TPSA) is 80.2 Å². The molecule has 126 valence electrons. The van der Waals surface area contributed by atoms with Crippen LogP contribution in [0.2, 0.25) is 0 Å². The summed E-state index contributed by atoms with van der Waals surface area (Å²) in [5, 5.41) is 13.7. The number of nitrogens with one attached hydrogen (secondary N) is 1. The zero-order chi connectivity index (χ0) is 17.5. The first-order valence-corrected chi connectivity index (χ1v) is 7.97. The predicted octanol–water partition coefficient (Wildman–Crippen LogP) is 3.33. The van der Waals surface area contributed by atoms with E-state index in [2.05, 4.69) is 26.5 Å². The Bertz CT molecular complexity index is 745. The summed E-state index contributed by atoms with van der Waals surface area (Å²) < 4.78 is 10.9. The molecule has 0 radical (unpaired) electrons. The van der Waals surface area contributed by atoms with E-state index in [0.29, 0.717) is 33.7 Å². The number of benzene rings is 2. The molecule has 2 aromatic carbocycles. The maximum Gasteiger partial charge on any atom is 0.271 e. The number of amides is 1. The Hall–Kier alpha value is -2.54. The number of hydrogen-bond acceptors (Lipinski definition) is 5. The number of carbonyl (C=O) groups is 1. The van der Waals surface area contributed by atoms with Crippen LogP contribution < -0.4 is 14.9 Å². The zero-order valence-electron chi connectivity index (χ0n) is 13.2. The molecule has 0 saturated heterocycles. The van der Waals surface area contributed by atoms with Crippen molar-refractivity contribution in [2.75, 3.05) is 13.7 Å². The van der Waals surface area contributed by atoms with Gasteiger partial charge in [-0.1, -0.05) is 0 Å². The summed E-state index contributed by atoms with van der Waals surface area (Å²) in [5.41, 5.74) is 3.57. The highest BCUT2D eigenvalue weighted by molar-refractivity contribution is 9.10. The fourth-order valence-corrected chi connectivity index (χ4v) is 2.38. The van der Waals surface area contributed by atoms with E-state index in [-0.39, 0.29) is 11.7 Å². The Balaban J connectivity index is 2.03. The molecule has 0 fully saturated rings. The molecule has 0 aliphatic carbocycles. The van der Waals surface area contributed by atoms with Crippen LogP contribution in [0.15, 0.2) is 46.0 Å². The van der Waals surface area contributed by atoms with Gasteiger partial charge in [-0.25, -0.2) is 5.43 Å². The van der Waals surface area contributed by atoms with Gasteiger partial charge in [0.25, 0.3) is 5.91 Å². The Morgan fingerprint density at radius 3 is 2.67 bits per heavy atom. The summed E-state index contributed by atoms with van der Waals surface area (Å²) >= 11 is 3.22. The van der Waals surface area contributed by atoms with Crippen LogP contribution in [0.3, 0.4) is 0 Å². The highest BCUT2D eigenvalue weighted by atomic mass is 79.9. The van der Waals surface area contributed by atoms with Crippen LogP contribution in [0.1, 0.15) is 22.8 Å². The van der Waals surface area contributed by atoms with Gasteiger partial charge in [0.2, 0.25) is 0 Å². The molecule has 2 N–H and O–H groups in total. The van der Waals surface area contributed by atoms with Gasteiger partial charge in [0.15, 0.2) is 11.5 Å². The van der Waals surface area contributed by atoms with E-state index in [1.54, 1.807) is 36.4 Å². The van der Waals surface area contributed by atoms with Crippen LogP contribution in [-0.2, 0) is 0 Å². The molecule has 0 aliphatic heterocycles. The number of rotatable bonds is 6. The predicted molar refractivity (Wildman–Crippen MR) is 95.0 cm³/mol. The van der Waals surface area contributed by atoms with Crippen molar-refractivity contribution in [2.45, 2.75) is 6.92 Å². The van der Waals surface area contributed by atoms with E-state index < -0.39 is 0 Å². The van der Waals surface area contributed by atoms with E-state index in [9.17, 15) is 9.90 Å². The average Bonchev–Trinajstić information content (AvgIpc) is 2.58. The van der Waals surface area contributed by atoms with Gasteiger partial charge in [0.05, 0.1) is 24.4 Å². The number of carbonyl (C=O) groups excluding carboxylic acids is 1. The SMILES string of the molecule is CCOc1ccc(C(=O)NN=Cc2cc(Br)c(O)c(OC)c2)cc1. The average molecular weight is 393 g/mol. The van der Waals surface area contributed by atoms with Crippen molar-refractivity contribution in [1.82, 2.24) is 5.43 Å². The molecule has 0 atom stereocenters. The largest absolute Gasteiger partial charge is 0.503 e. The molecule has 0 spiro atoms. The Morgan fingerprint density at radius 1 is 1.33 bits per heavy atom. The second kappa shape index (κ2) is 8.35. The van der Waals surface area contributed by atoms with Gasteiger partial charge < -0.3 is 14.6 Å². The first-order chi connectivity index (χ1) is 11.5. The lowest BCUT2D eigenvalue weighted by Crippen LogP contribution is -2.17. The summed E-state index contributed by atoms with van der Waals surface area (Å²) in [6, 6.07) is 10.0. The van der Waals surface area contributed by atoms with Crippen LogP contribution in [0.5, 0.6) is 17.2 Å². The van der Waals surface area contributed by atoms with Gasteiger partial charge in [-0.3, -0.25) is 4.79 Å². The molecule has 0 aromatic heterocycles. The number of hydrazone groups is 1. The molecule has 6 nitrogen and oxygen atoms in total. The van der Waals surface area contributed by atoms with Crippen molar-refractivity contribution in [3.63, 3.8) is 0 Å². The smallest absolute Gasteiger partial charge is 0.271 e. The summed E-state index contributed by atoms with van der Waals surface area (Å²) in [6.45, 7) is 2.47. The number of methoxy groups -OCH3 is 1. The molecule has 7 heteroatoms. The molecule has 1 amide bonds. The van der Waals surface area contributed by atoms with Gasteiger partial charge in [-0.15, -0.1) is 0 Å². The third kappa shape index (κ3) is 4.48. The Kier molecular flexibility index (Phi) is 6.20. The number of aromatic hydroxyl groups is 1. The van der Waals surface area contributed by atoms with Gasteiger partial charge >= 0.3 is 0 Å². The molecular formula is C17H17BrN2O4. The van der Waals surface area contributed by atoms with Crippen LogP contribution >= 0.6 is 15.9 Å². The molecule has 2 aromatic rings. The highest BCUT2D eigenvalue weighted by Crippen LogP contribution is 2.34. The van der Waals surface area contributed by atoms with Crippen molar-refractivity contribution >= 4 is 28.1 Å². The molecule has 2 rings (SSSR count). The summed E-state index contributed by atoms with van der Waals surface area (Å²) in [6.07, 6.45) is 1.46. The Morgan fingerprint density at radius 2 is 2.04 bits per heavy atom. The van der Waals surface area contributed by atoms with Crippen molar-refractivity contribution in [3.05, 3.63) is 52.0 Å².